The lowest BCUT2D eigenvalue weighted by Gasteiger charge is -2.30. The molecular formula is C18H30N2O. The first kappa shape index (κ1) is 16.2. The number of anilines is 1. The molecule has 1 aromatic rings. The minimum atomic E-state index is 0.811. The van der Waals surface area contributed by atoms with Crippen molar-refractivity contribution in [3.63, 3.8) is 0 Å². The molecule has 21 heavy (non-hydrogen) atoms. The maximum absolute atomic E-state index is 5.74. The summed E-state index contributed by atoms with van der Waals surface area (Å²) in [6.07, 6.45) is 4.99. The van der Waals surface area contributed by atoms with E-state index in [1.165, 1.54) is 32.4 Å². The monoisotopic (exact) mass is 290 g/mol. The minimum absolute atomic E-state index is 0.811. The molecule has 0 amide bonds. The Morgan fingerprint density at radius 3 is 2.86 bits per heavy atom. The van der Waals surface area contributed by atoms with Gasteiger partial charge in [-0.05, 0) is 50.4 Å². The van der Waals surface area contributed by atoms with Crippen LogP contribution in [0.2, 0.25) is 0 Å². The Morgan fingerprint density at radius 1 is 1.29 bits per heavy atom. The van der Waals surface area contributed by atoms with Crippen LogP contribution in [0.4, 0.5) is 5.69 Å². The third kappa shape index (κ3) is 5.96. The second-order valence-corrected chi connectivity index (χ2v) is 6.18. The highest BCUT2D eigenvalue weighted by Gasteiger charge is 2.14. The standard InChI is InChI=1S/C18H30N2O/c1-3-4-14-21-18-7-5-6-17(15-18)19-10-13-20-11-8-16(2)9-12-20/h5-7,15-16,19H,3-4,8-14H2,1-2H3. The molecule has 0 saturated carbocycles. The summed E-state index contributed by atoms with van der Waals surface area (Å²) < 4.78 is 5.74. The van der Waals surface area contributed by atoms with Gasteiger partial charge in [0.1, 0.15) is 5.75 Å². The number of hydrogen-bond donors (Lipinski definition) is 1. The van der Waals surface area contributed by atoms with Crippen LogP contribution in [-0.2, 0) is 0 Å². The van der Waals surface area contributed by atoms with Crippen LogP contribution in [0.25, 0.3) is 0 Å². The molecule has 0 atom stereocenters. The molecule has 0 spiro atoms. The fourth-order valence-electron chi connectivity index (χ4n) is 2.67. The van der Waals surface area contributed by atoms with Crippen molar-refractivity contribution in [3.8, 4) is 5.75 Å². The maximum Gasteiger partial charge on any atom is 0.121 e. The first-order chi connectivity index (χ1) is 10.3. The molecule has 0 aromatic heterocycles. The molecule has 0 radical (unpaired) electrons. The van der Waals surface area contributed by atoms with Gasteiger partial charge in [0.15, 0.2) is 0 Å². The van der Waals surface area contributed by atoms with Gasteiger partial charge in [0.25, 0.3) is 0 Å². The number of likely N-dealkylation sites (tertiary alicyclic amines) is 1. The van der Waals surface area contributed by atoms with E-state index in [2.05, 4.69) is 42.3 Å². The number of hydrogen-bond acceptors (Lipinski definition) is 3. The quantitative estimate of drug-likeness (QED) is 0.732. The molecule has 1 saturated heterocycles. The minimum Gasteiger partial charge on any atom is -0.494 e. The first-order valence-electron chi connectivity index (χ1n) is 8.47. The van der Waals surface area contributed by atoms with Crippen LogP contribution in [0.3, 0.4) is 0 Å². The Labute approximate surface area is 129 Å². The molecule has 1 heterocycles. The second-order valence-electron chi connectivity index (χ2n) is 6.18. The molecule has 1 aliphatic rings. The molecule has 3 nitrogen and oxygen atoms in total. The van der Waals surface area contributed by atoms with E-state index in [9.17, 15) is 0 Å². The third-order valence-corrected chi connectivity index (χ3v) is 4.23. The van der Waals surface area contributed by atoms with Crippen LogP contribution in [0.1, 0.15) is 39.5 Å². The zero-order valence-corrected chi connectivity index (χ0v) is 13.6. The summed E-state index contributed by atoms with van der Waals surface area (Å²) in [6, 6.07) is 8.32. The van der Waals surface area contributed by atoms with Crippen LogP contribution >= 0.6 is 0 Å². The van der Waals surface area contributed by atoms with Gasteiger partial charge in [0, 0.05) is 24.8 Å². The zero-order chi connectivity index (χ0) is 14.9. The topological polar surface area (TPSA) is 24.5 Å². The first-order valence-corrected chi connectivity index (χ1v) is 8.47. The van der Waals surface area contributed by atoms with Gasteiger partial charge in [-0.3, -0.25) is 0 Å². The zero-order valence-electron chi connectivity index (χ0n) is 13.6. The summed E-state index contributed by atoms with van der Waals surface area (Å²) in [5.41, 5.74) is 1.16. The fraction of sp³-hybridized carbons (Fsp3) is 0.667. The number of piperidine rings is 1. The average molecular weight is 290 g/mol. The van der Waals surface area contributed by atoms with Gasteiger partial charge in [0.2, 0.25) is 0 Å². The van der Waals surface area contributed by atoms with Gasteiger partial charge in [-0.2, -0.15) is 0 Å². The van der Waals surface area contributed by atoms with Gasteiger partial charge in [-0.25, -0.2) is 0 Å². The molecule has 1 N–H and O–H groups in total. The number of rotatable bonds is 8. The van der Waals surface area contributed by atoms with E-state index in [1.807, 2.05) is 6.07 Å². The highest BCUT2D eigenvalue weighted by molar-refractivity contribution is 5.48. The smallest absolute Gasteiger partial charge is 0.121 e. The van der Waals surface area contributed by atoms with Crippen molar-refractivity contribution in [2.75, 3.05) is 38.1 Å². The SMILES string of the molecule is CCCCOc1cccc(NCCN2CCC(C)CC2)c1. The number of benzene rings is 1. The molecular weight excluding hydrogens is 260 g/mol. The normalized spacial score (nSPS) is 16.9. The largest absolute Gasteiger partial charge is 0.494 e. The van der Waals surface area contributed by atoms with E-state index < -0.39 is 0 Å². The predicted octanol–water partition coefficient (Wildman–Crippen LogP) is 4.01. The second kappa shape index (κ2) is 8.93. The lowest BCUT2D eigenvalue weighted by atomic mass is 9.99. The van der Waals surface area contributed by atoms with Gasteiger partial charge < -0.3 is 15.0 Å². The molecule has 1 aromatic carbocycles. The Kier molecular flexibility index (Phi) is 6.87. The van der Waals surface area contributed by atoms with Crippen molar-refractivity contribution >= 4 is 5.69 Å². The summed E-state index contributed by atoms with van der Waals surface area (Å²) in [4.78, 5) is 2.56. The van der Waals surface area contributed by atoms with Crippen molar-refractivity contribution in [1.82, 2.24) is 4.90 Å². The van der Waals surface area contributed by atoms with E-state index in [1.54, 1.807) is 0 Å². The molecule has 0 unspecified atom stereocenters. The highest BCUT2D eigenvalue weighted by atomic mass is 16.5. The van der Waals surface area contributed by atoms with E-state index in [4.69, 9.17) is 4.74 Å². The predicted molar refractivity (Wildman–Crippen MR) is 90.2 cm³/mol. The number of nitrogens with zero attached hydrogens (tertiary/aromatic N) is 1. The molecule has 2 rings (SSSR count). The lowest BCUT2D eigenvalue weighted by molar-refractivity contribution is 0.199. The number of nitrogens with one attached hydrogen (secondary N) is 1. The van der Waals surface area contributed by atoms with Crippen LogP contribution in [0, 0.1) is 5.92 Å². The number of unbranched alkanes of at least 4 members (excludes halogenated alkanes) is 1. The summed E-state index contributed by atoms with van der Waals surface area (Å²) in [5.74, 6) is 1.88. The van der Waals surface area contributed by atoms with Crippen LogP contribution in [0.5, 0.6) is 5.75 Å². The molecule has 1 aliphatic heterocycles. The van der Waals surface area contributed by atoms with Gasteiger partial charge in [0.05, 0.1) is 6.61 Å². The molecule has 1 fully saturated rings. The van der Waals surface area contributed by atoms with Crippen molar-refractivity contribution in [2.45, 2.75) is 39.5 Å². The summed E-state index contributed by atoms with van der Waals surface area (Å²) in [6.45, 7) is 10.0. The molecule has 118 valence electrons. The van der Waals surface area contributed by atoms with Gasteiger partial charge in [-0.15, -0.1) is 0 Å². The van der Waals surface area contributed by atoms with Crippen LogP contribution in [0.15, 0.2) is 24.3 Å². The summed E-state index contributed by atoms with van der Waals surface area (Å²) in [5, 5.41) is 3.51. The fourth-order valence-corrected chi connectivity index (χ4v) is 2.67. The molecule has 3 heteroatoms. The van der Waals surface area contributed by atoms with Crippen molar-refractivity contribution in [1.29, 1.82) is 0 Å². The van der Waals surface area contributed by atoms with Crippen molar-refractivity contribution < 1.29 is 4.74 Å². The van der Waals surface area contributed by atoms with E-state index >= 15 is 0 Å². The van der Waals surface area contributed by atoms with Crippen LogP contribution < -0.4 is 10.1 Å². The van der Waals surface area contributed by atoms with Gasteiger partial charge in [-0.1, -0.05) is 26.3 Å². The van der Waals surface area contributed by atoms with E-state index in [0.717, 1.165) is 43.5 Å². The lowest BCUT2D eigenvalue weighted by Crippen LogP contribution is -2.36. The van der Waals surface area contributed by atoms with E-state index in [0.29, 0.717) is 0 Å². The Balaban J connectivity index is 1.69. The van der Waals surface area contributed by atoms with Crippen molar-refractivity contribution in [3.05, 3.63) is 24.3 Å². The molecule has 0 bridgehead atoms. The number of ether oxygens (including phenoxy) is 1. The third-order valence-electron chi connectivity index (χ3n) is 4.23. The van der Waals surface area contributed by atoms with Crippen molar-refractivity contribution in [2.24, 2.45) is 5.92 Å². The average Bonchev–Trinajstić information content (AvgIpc) is 2.50. The molecule has 0 aliphatic carbocycles. The highest BCUT2D eigenvalue weighted by Crippen LogP contribution is 2.18. The Bertz CT molecular complexity index is 400. The Hall–Kier alpha value is -1.22. The van der Waals surface area contributed by atoms with Gasteiger partial charge >= 0.3 is 0 Å². The summed E-state index contributed by atoms with van der Waals surface area (Å²) >= 11 is 0. The van der Waals surface area contributed by atoms with Crippen LogP contribution in [-0.4, -0.2) is 37.7 Å². The maximum atomic E-state index is 5.74. The summed E-state index contributed by atoms with van der Waals surface area (Å²) in [7, 11) is 0. The van der Waals surface area contributed by atoms with E-state index in [-0.39, 0.29) is 0 Å². The Morgan fingerprint density at radius 2 is 2.10 bits per heavy atom.